The number of pyridine rings is 1. The van der Waals surface area contributed by atoms with Gasteiger partial charge in [-0.15, -0.1) is 0 Å². The normalized spacial score (nSPS) is 27.9. The van der Waals surface area contributed by atoms with E-state index in [9.17, 15) is 23.1 Å². The molecule has 142 valence electrons. The van der Waals surface area contributed by atoms with Crippen molar-refractivity contribution in [3.05, 3.63) is 30.1 Å². The molecule has 2 fully saturated rings. The Morgan fingerprint density at radius 3 is 2.65 bits per heavy atom. The molecule has 1 aromatic rings. The monoisotopic (exact) mass is 381 g/mol. The van der Waals surface area contributed by atoms with Gasteiger partial charge in [-0.3, -0.25) is 14.6 Å². The number of carbonyl (C=O) groups excluding carboxylic acids is 2. The fourth-order valence-electron chi connectivity index (χ4n) is 3.51. The van der Waals surface area contributed by atoms with Gasteiger partial charge in [-0.1, -0.05) is 6.07 Å². The predicted octanol–water partition coefficient (Wildman–Crippen LogP) is -0.863. The van der Waals surface area contributed by atoms with E-state index in [0.717, 1.165) is 5.56 Å². The molecule has 0 unspecified atom stereocenters. The van der Waals surface area contributed by atoms with Gasteiger partial charge in [0.15, 0.2) is 9.84 Å². The second kappa shape index (κ2) is 7.71. The molecule has 1 saturated heterocycles. The van der Waals surface area contributed by atoms with Gasteiger partial charge in [-0.2, -0.15) is 0 Å². The summed E-state index contributed by atoms with van der Waals surface area (Å²) in [5, 5.41) is 13.0. The van der Waals surface area contributed by atoms with E-state index in [4.69, 9.17) is 0 Å². The zero-order valence-electron chi connectivity index (χ0n) is 14.4. The van der Waals surface area contributed by atoms with Crippen LogP contribution in [-0.4, -0.2) is 72.0 Å². The first kappa shape index (κ1) is 18.8. The second-order valence-corrected chi connectivity index (χ2v) is 9.23. The molecule has 0 radical (unpaired) electrons. The Morgan fingerprint density at radius 1 is 1.27 bits per heavy atom. The molecular weight excluding hydrogens is 358 g/mol. The van der Waals surface area contributed by atoms with Gasteiger partial charge < -0.3 is 15.3 Å². The molecule has 1 saturated carbocycles. The lowest BCUT2D eigenvalue weighted by Crippen LogP contribution is -2.46. The summed E-state index contributed by atoms with van der Waals surface area (Å²) in [4.78, 5) is 30.2. The van der Waals surface area contributed by atoms with Crippen LogP contribution in [0.3, 0.4) is 0 Å². The fourth-order valence-corrected chi connectivity index (χ4v) is 4.71. The Labute approximate surface area is 152 Å². The molecule has 2 amide bonds. The standard InChI is InChI=1S/C17H23N3O5S/c21-15-10-13(17(23)20-4-6-26(24,25)7-5-20)9-14(15)19-16(22)8-12-2-1-3-18-11-12/h1-3,11,13-15,21H,4-10H2,(H,19,22)/t13-,14+,15+/m0/s1. The van der Waals surface area contributed by atoms with Gasteiger partial charge in [0.05, 0.1) is 30.1 Å². The van der Waals surface area contributed by atoms with Crippen molar-refractivity contribution in [2.75, 3.05) is 24.6 Å². The van der Waals surface area contributed by atoms with Crippen LogP contribution in [0, 0.1) is 5.92 Å². The van der Waals surface area contributed by atoms with Crippen LogP contribution in [0.4, 0.5) is 0 Å². The number of rotatable bonds is 4. The topological polar surface area (TPSA) is 117 Å². The van der Waals surface area contributed by atoms with Gasteiger partial charge in [0.1, 0.15) is 0 Å². The van der Waals surface area contributed by atoms with Gasteiger partial charge >= 0.3 is 0 Å². The van der Waals surface area contributed by atoms with Crippen LogP contribution in [0.5, 0.6) is 0 Å². The molecule has 1 aliphatic heterocycles. The molecule has 26 heavy (non-hydrogen) atoms. The number of nitrogens with one attached hydrogen (secondary N) is 1. The molecule has 1 aliphatic carbocycles. The van der Waals surface area contributed by atoms with Crippen molar-refractivity contribution < 1.29 is 23.1 Å². The molecule has 0 bridgehead atoms. The highest BCUT2D eigenvalue weighted by molar-refractivity contribution is 7.91. The zero-order chi connectivity index (χ0) is 18.7. The number of aliphatic hydroxyl groups is 1. The maximum Gasteiger partial charge on any atom is 0.225 e. The summed E-state index contributed by atoms with van der Waals surface area (Å²) >= 11 is 0. The number of hydrogen-bond acceptors (Lipinski definition) is 6. The molecule has 2 heterocycles. The first-order chi connectivity index (χ1) is 12.3. The lowest BCUT2D eigenvalue weighted by molar-refractivity contribution is -0.135. The maximum absolute atomic E-state index is 12.6. The van der Waals surface area contributed by atoms with Gasteiger partial charge in [0.2, 0.25) is 11.8 Å². The van der Waals surface area contributed by atoms with Crippen LogP contribution in [0.1, 0.15) is 18.4 Å². The Balaban J connectivity index is 1.52. The van der Waals surface area contributed by atoms with Gasteiger partial charge in [0, 0.05) is 31.4 Å². The van der Waals surface area contributed by atoms with Crippen molar-refractivity contribution in [2.45, 2.75) is 31.4 Å². The van der Waals surface area contributed by atoms with E-state index in [1.165, 1.54) is 0 Å². The largest absolute Gasteiger partial charge is 0.391 e. The second-order valence-electron chi connectivity index (χ2n) is 6.92. The first-order valence-corrected chi connectivity index (χ1v) is 10.5. The molecule has 3 atom stereocenters. The average molecular weight is 381 g/mol. The Morgan fingerprint density at radius 2 is 2.00 bits per heavy atom. The van der Waals surface area contributed by atoms with Crippen molar-refractivity contribution in [3.8, 4) is 0 Å². The summed E-state index contributed by atoms with van der Waals surface area (Å²) in [5.74, 6) is -0.782. The minimum absolute atomic E-state index is 0.0146. The van der Waals surface area contributed by atoms with Gasteiger partial charge in [-0.25, -0.2) is 8.42 Å². The average Bonchev–Trinajstić information content (AvgIpc) is 2.96. The number of nitrogens with zero attached hydrogens (tertiary/aromatic N) is 2. The smallest absolute Gasteiger partial charge is 0.225 e. The highest BCUT2D eigenvalue weighted by atomic mass is 32.2. The number of amides is 2. The molecule has 3 rings (SSSR count). The van der Waals surface area contributed by atoms with Crippen molar-refractivity contribution in [1.29, 1.82) is 0 Å². The summed E-state index contributed by atoms with van der Waals surface area (Å²) in [6, 6.07) is 3.08. The highest BCUT2D eigenvalue weighted by Gasteiger charge is 2.40. The van der Waals surface area contributed by atoms with Crippen LogP contribution < -0.4 is 5.32 Å². The lowest BCUT2D eigenvalue weighted by Gasteiger charge is -2.29. The number of sulfone groups is 1. The molecule has 0 spiro atoms. The van der Waals surface area contributed by atoms with E-state index in [2.05, 4.69) is 10.3 Å². The molecule has 9 heteroatoms. The Kier molecular flexibility index (Phi) is 5.57. The summed E-state index contributed by atoms with van der Waals surface area (Å²) in [5.41, 5.74) is 0.777. The van der Waals surface area contributed by atoms with Crippen LogP contribution in [-0.2, 0) is 25.8 Å². The van der Waals surface area contributed by atoms with Crippen LogP contribution >= 0.6 is 0 Å². The van der Waals surface area contributed by atoms with Crippen LogP contribution in [0.25, 0.3) is 0 Å². The Hall–Kier alpha value is -2.00. The molecule has 0 aromatic carbocycles. The third kappa shape index (κ3) is 4.59. The summed E-state index contributed by atoms with van der Waals surface area (Å²) in [6.07, 6.45) is 3.27. The first-order valence-electron chi connectivity index (χ1n) is 8.69. The highest BCUT2D eigenvalue weighted by Crippen LogP contribution is 2.28. The van der Waals surface area contributed by atoms with E-state index >= 15 is 0 Å². The number of aromatic nitrogens is 1. The molecule has 2 aliphatic rings. The molecule has 8 nitrogen and oxygen atoms in total. The van der Waals surface area contributed by atoms with E-state index in [1.807, 2.05) is 0 Å². The summed E-state index contributed by atoms with van der Waals surface area (Å²) in [7, 11) is -3.05. The summed E-state index contributed by atoms with van der Waals surface area (Å²) < 4.78 is 23.0. The number of aliphatic hydroxyl groups excluding tert-OH is 1. The van der Waals surface area contributed by atoms with Gasteiger partial charge in [0.25, 0.3) is 0 Å². The van der Waals surface area contributed by atoms with E-state index < -0.39 is 27.9 Å². The van der Waals surface area contributed by atoms with E-state index in [0.29, 0.717) is 6.42 Å². The summed E-state index contributed by atoms with van der Waals surface area (Å²) in [6.45, 7) is 0.400. The number of carbonyl (C=O) groups is 2. The minimum atomic E-state index is -3.05. The van der Waals surface area contributed by atoms with Crippen LogP contribution in [0.2, 0.25) is 0 Å². The van der Waals surface area contributed by atoms with E-state index in [-0.39, 0.29) is 49.3 Å². The van der Waals surface area contributed by atoms with Crippen molar-refractivity contribution in [3.63, 3.8) is 0 Å². The van der Waals surface area contributed by atoms with Crippen molar-refractivity contribution in [1.82, 2.24) is 15.2 Å². The maximum atomic E-state index is 12.6. The lowest BCUT2D eigenvalue weighted by atomic mass is 10.1. The zero-order valence-corrected chi connectivity index (χ0v) is 15.2. The third-order valence-electron chi connectivity index (χ3n) is 4.97. The predicted molar refractivity (Wildman–Crippen MR) is 93.8 cm³/mol. The van der Waals surface area contributed by atoms with Crippen LogP contribution in [0.15, 0.2) is 24.5 Å². The Bertz CT molecular complexity index is 754. The quantitative estimate of drug-likeness (QED) is 0.701. The number of hydrogen-bond donors (Lipinski definition) is 2. The third-order valence-corrected chi connectivity index (χ3v) is 6.58. The van der Waals surface area contributed by atoms with E-state index in [1.54, 1.807) is 29.4 Å². The molecule has 1 aromatic heterocycles. The fraction of sp³-hybridized carbons (Fsp3) is 0.588. The molecular formula is C17H23N3O5S. The van der Waals surface area contributed by atoms with Crippen molar-refractivity contribution >= 4 is 21.7 Å². The van der Waals surface area contributed by atoms with Gasteiger partial charge in [-0.05, 0) is 24.5 Å². The minimum Gasteiger partial charge on any atom is -0.391 e. The molecule has 2 N–H and O–H groups in total. The van der Waals surface area contributed by atoms with Crippen molar-refractivity contribution in [2.24, 2.45) is 5.92 Å². The SMILES string of the molecule is O=C(Cc1cccnc1)N[C@@H]1C[C@H](C(=O)N2CCS(=O)(=O)CC2)C[C@H]1O.